The molecule has 0 saturated heterocycles. The van der Waals surface area contributed by atoms with E-state index in [1.54, 1.807) is 30.5 Å². The van der Waals surface area contributed by atoms with Crippen molar-refractivity contribution >= 4 is 34.9 Å². The second kappa shape index (κ2) is 13.3. The summed E-state index contributed by atoms with van der Waals surface area (Å²) in [5, 5.41) is 23.5. The molecule has 0 aliphatic rings. The predicted octanol–water partition coefficient (Wildman–Crippen LogP) is 5.26. The smallest absolute Gasteiger partial charge is 0.305 e. The van der Waals surface area contributed by atoms with Gasteiger partial charge in [0.1, 0.15) is 0 Å². The van der Waals surface area contributed by atoms with E-state index in [1.165, 1.54) is 11.8 Å². The lowest BCUT2D eigenvalue weighted by Crippen LogP contribution is -2.30. The van der Waals surface area contributed by atoms with Crippen molar-refractivity contribution in [2.24, 2.45) is 0 Å². The molecule has 1 amide bonds. The van der Waals surface area contributed by atoms with Crippen LogP contribution in [0.15, 0.2) is 60.0 Å². The number of amides is 1. The number of nitrogens with zero attached hydrogens (tertiary/aromatic N) is 1. The fourth-order valence-corrected chi connectivity index (χ4v) is 3.25. The maximum absolute atomic E-state index is 12.7. The number of carboxylic acid groups (broad SMARTS) is 1. The largest absolute Gasteiger partial charge is 0.481 e. The highest BCUT2D eigenvalue weighted by Gasteiger charge is 2.13. The van der Waals surface area contributed by atoms with Gasteiger partial charge in [-0.15, -0.1) is 0 Å². The normalized spacial score (nSPS) is 11.8. The third kappa shape index (κ3) is 8.83. The Kier molecular flexibility index (Phi) is 10.5. The van der Waals surface area contributed by atoms with Crippen LogP contribution in [0.5, 0.6) is 0 Å². The Labute approximate surface area is 205 Å². The first kappa shape index (κ1) is 26.8. The molecule has 8 heteroatoms. The number of nitrogens with one attached hydrogen (secondary N) is 3. The molecule has 180 valence electrons. The van der Waals surface area contributed by atoms with E-state index in [0.717, 1.165) is 17.6 Å². The number of anilines is 1. The van der Waals surface area contributed by atoms with Crippen LogP contribution in [0.2, 0.25) is 5.02 Å². The molecule has 2 rings (SSSR count). The van der Waals surface area contributed by atoms with Crippen LogP contribution in [0.4, 0.5) is 5.69 Å². The summed E-state index contributed by atoms with van der Waals surface area (Å²) in [4.78, 5) is 27.7. The van der Waals surface area contributed by atoms with Crippen LogP contribution in [-0.2, 0) is 11.2 Å². The maximum Gasteiger partial charge on any atom is 0.305 e. The SMILES string of the molecule is CC/C(C)=C/C=C(\C)Cc1cncc(C(=O)NCC(=N)c2cc(Cl)ccc2NCCC(=O)O)c1. The van der Waals surface area contributed by atoms with Crippen molar-refractivity contribution in [3.8, 4) is 0 Å². The number of carbonyl (C=O) groups is 2. The van der Waals surface area contributed by atoms with Crippen molar-refractivity contribution in [3.63, 3.8) is 0 Å². The van der Waals surface area contributed by atoms with Gasteiger partial charge in [-0.05, 0) is 56.5 Å². The molecule has 0 radical (unpaired) electrons. The number of hydrogen-bond acceptors (Lipinski definition) is 5. The van der Waals surface area contributed by atoms with E-state index in [1.807, 2.05) is 6.92 Å². The summed E-state index contributed by atoms with van der Waals surface area (Å²) in [6, 6.07) is 6.77. The van der Waals surface area contributed by atoms with E-state index in [0.29, 0.717) is 28.3 Å². The molecule has 34 heavy (non-hydrogen) atoms. The van der Waals surface area contributed by atoms with Crippen molar-refractivity contribution < 1.29 is 14.7 Å². The second-order valence-corrected chi connectivity index (χ2v) is 8.50. The first-order valence-corrected chi connectivity index (χ1v) is 11.5. The summed E-state index contributed by atoms with van der Waals surface area (Å²) in [6.07, 6.45) is 9.06. The zero-order valence-corrected chi connectivity index (χ0v) is 20.5. The van der Waals surface area contributed by atoms with Gasteiger partial charge in [-0.1, -0.05) is 41.8 Å². The number of benzene rings is 1. The van der Waals surface area contributed by atoms with Gasteiger partial charge in [-0.25, -0.2) is 0 Å². The molecular weight excluding hydrogens is 452 g/mol. The number of hydrogen-bond donors (Lipinski definition) is 4. The Morgan fingerprint density at radius 2 is 1.88 bits per heavy atom. The summed E-state index contributed by atoms with van der Waals surface area (Å²) in [6.45, 7) is 6.44. The molecule has 0 saturated carbocycles. The molecule has 0 aliphatic carbocycles. The minimum absolute atomic E-state index is 0.0168. The van der Waals surface area contributed by atoms with E-state index in [9.17, 15) is 9.59 Å². The molecular formula is C26H31ClN4O3. The average Bonchev–Trinajstić information content (AvgIpc) is 2.81. The highest BCUT2D eigenvalue weighted by molar-refractivity contribution is 6.31. The van der Waals surface area contributed by atoms with Gasteiger partial charge in [0.2, 0.25) is 0 Å². The molecule has 0 fully saturated rings. The van der Waals surface area contributed by atoms with Crippen molar-refractivity contribution in [2.75, 3.05) is 18.4 Å². The number of carboxylic acids is 1. The zero-order chi connectivity index (χ0) is 25.1. The molecule has 4 N–H and O–H groups in total. The van der Waals surface area contributed by atoms with E-state index >= 15 is 0 Å². The molecule has 1 aromatic heterocycles. The highest BCUT2D eigenvalue weighted by Crippen LogP contribution is 2.21. The van der Waals surface area contributed by atoms with E-state index in [4.69, 9.17) is 22.1 Å². The average molecular weight is 483 g/mol. The van der Waals surface area contributed by atoms with Gasteiger partial charge in [0.25, 0.3) is 5.91 Å². The molecule has 7 nitrogen and oxygen atoms in total. The van der Waals surface area contributed by atoms with Crippen molar-refractivity contribution in [2.45, 2.75) is 40.0 Å². The van der Waals surface area contributed by atoms with Crippen LogP contribution >= 0.6 is 11.6 Å². The first-order chi connectivity index (χ1) is 16.2. The van der Waals surface area contributed by atoms with Gasteiger partial charge in [0.15, 0.2) is 0 Å². The van der Waals surface area contributed by atoms with Gasteiger partial charge in [-0.3, -0.25) is 14.6 Å². The number of pyridine rings is 1. The molecule has 1 heterocycles. The Morgan fingerprint density at radius 1 is 1.15 bits per heavy atom. The molecule has 0 bridgehead atoms. The number of aliphatic carboxylic acids is 1. The van der Waals surface area contributed by atoms with Crippen LogP contribution in [0.25, 0.3) is 0 Å². The summed E-state index contributed by atoms with van der Waals surface area (Å²) >= 11 is 6.09. The Balaban J connectivity index is 2.03. The second-order valence-electron chi connectivity index (χ2n) is 8.06. The minimum atomic E-state index is -0.917. The number of carbonyl (C=O) groups excluding carboxylic acids is 1. The maximum atomic E-state index is 12.7. The third-order valence-corrected chi connectivity index (χ3v) is 5.37. The predicted molar refractivity (Wildman–Crippen MR) is 137 cm³/mol. The summed E-state index contributed by atoms with van der Waals surface area (Å²) in [5.74, 6) is -1.25. The number of allylic oxidation sites excluding steroid dienone is 4. The molecule has 0 unspecified atom stereocenters. The minimum Gasteiger partial charge on any atom is -0.481 e. The standard InChI is InChI=1S/C26H31ClN4O3/c1-4-17(2)5-6-18(3)11-19-12-20(15-29-14-19)26(34)31-16-23(28)22-13-21(27)7-8-24(22)30-10-9-25(32)33/h5-8,12-15,28,30H,4,9-11,16H2,1-3H3,(H,31,34)(H,32,33)/b17-5+,18-6+,28-23?. The van der Waals surface area contributed by atoms with Crippen molar-refractivity contribution in [3.05, 3.63) is 81.7 Å². The summed E-state index contributed by atoms with van der Waals surface area (Å²) in [7, 11) is 0. The van der Waals surface area contributed by atoms with Gasteiger partial charge >= 0.3 is 5.97 Å². The highest BCUT2D eigenvalue weighted by atomic mass is 35.5. The monoisotopic (exact) mass is 482 g/mol. The Hall–Kier alpha value is -3.45. The zero-order valence-electron chi connectivity index (χ0n) is 19.7. The van der Waals surface area contributed by atoms with E-state index in [-0.39, 0.29) is 31.1 Å². The van der Waals surface area contributed by atoms with Crippen LogP contribution in [0.1, 0.15) is 55.1 Å². The Morgan fingerprint density at radius 3 is 2.59 bits per heavy atom. The van der Waals surface area contributed by atoms with Gasteiger partial charge < -0.3 is 21.1 Å². The van der Waals surface area contributed by atoms with Crippen LogP contribution < -0.4 is 10.6 Å². The van der Waals surface area contributed by atoms with Gasteiger partial charge in [0, 0.05) is 35.2 Å². The van der Waals surface area contributed by atoms with Crippen LogP contribution in [-0.4, -0.2) is 40.8 Å². The van der Waals surface area contributed by atoms with Gasteiger partial charge in [0.05, 0.1) is 24.2 Å². The fraction of sp³-hybridized carbons (Fsp3) is 0.308. The molecule has 2 aromatic rings. The van der Waals surface area contributed by atoms with E-state index in [2.05, 4.69) is 41.6 Å². The van der Waals surface area contributed by atoms with Crippen LogP contribution in [0, 0.1) is 5.41 Å². The number of rotatable bonds is 12. The first-order valence-electron chi connectivity index (χ1n) is 11.1. The number of halogens is 1. The lowest BCUT2D eigenvalue weighted by Gasteiger charge is -2.14. The summed E-state index contributed by atoms with van der Waals surface area (Å²) < 4.78 is 0. The van der Waals surface area contributed by atoms with Crippen molar-refractivity contribution in [1.82, 2.24) is 10.3 Å². The topological polar surface area (TPSA) is 115 Å². The lowest BCUT2D eigenvalue weighted by molar-refractivity contribution is -0.136. The third-order valence-electron chi connectivity index (χ3n) is 5.14. The molecule has 0 aliphatic heterocycles. The fourth-order valence-electron chi connectivity index (χ4n) is 3.08. The molecule has 0 atom stereocenters. The Bertz CT molecular complexity index is 1110. The van der Waals surface area contributed by atoms with E-state index < -0.39 is 5.97 Å². The van der Waals surface area contributed by atoms with Gasteiger partial charge in [-0.2, -0.15) is 0 Å². The number of aromatic nitrogens is 1. The van der Waals surface area contributed by atoms with Crippen molar-refractivity contribution in [1.29, 1.82) is 5.41 Å². The van der Waals surface area contributed by atoms with Crippen LogP contribution in [0.3, 0.4) is 0 Å². The molecule has 1 aromatic carbocycles. The lowest BCUT2D eigenvalue weighted by atomic mass is 10.0. The summed E-state index contributed by atoms with van der Waals surface area (Å²) in [5.41, 5.74) is 5.05. The quantitative estimate of drug-likeness (QED) is 0.243. The molecule has 0 spiro atoms.